The van der Waals surface area contributed by atoms with Gasteiger partial charge in [-0.1, -0.05) is 0 Å². The first kappa shape index (κ1) is 31.1. The summed E-state index contributed by atoms with van der Waals surface area (Å²) >= 11 is 0.925. The second kappa shape index (κ2) is 12.5. The van der Waals surface area contributed by atoms with E-state index in [1.165, 1.54) is 39.5 Å². The summed E-state index contributed by atoms with van der Waals surface area (Å²) in [6.07, 6.45) is -2.72. The number of methoxy groups -OCH3 is 3. The van der Waals surface area contributed by atoms with Gasteiger partial charge in [0, 0.05) is 23.4 Å². The molecule has 0 amide bonds. The zero-order valence-electron chi connectivity index (χ0n) is 23.0. The fourth-order valence-corrected chi connectivity index (χ4v) is 5.88. The molecule has 0 bridgehead atoms. The topological polar surface area (TPSA) is 228 Å². The van der Waals surface area contributed by atoms with Crippen LogP contribution in [0.1, 0.15) is 32.8 Å². The molecule has 0 fully saturated rings. The molecule has 0 aromatic heterocycles. The third kappa shape index (κ3) is 6.17. The Labute approximate surface area is 248 Å². The fraction of sp³-hybridized carbons (Fsp3) is 0.286. The second-order valence-electron chi connectivity index (χ2n) is 9.31. The summed E-state index contributed by atoms with van der Waals surface area (Å²) < 4.78 is 28.0. The van der Waals surface area contributed by atoms with Crippen molar-refractivity contribution in [3.63, 3.8) is 0 Å². The molecule has 0 saturated heterocycles. The van der Waals surface area contributed by atoms with E-state index in [2.05, 4.69) is 0 Å². The highest BCUT2D eigenvalue weighted by Gasteiger charge is 2.45. The van der Waals surface area contributed by atoms with Crippen LogP contribution in [0.15, 0.2) is 36.4 Å². The van der Waals surface area contributed by atoms with Gasteiger partial charge in [0.25, 0.3) is 0 Å². The van der Waals surface area contributed by atoms with Crippen molar-refractivity contribution >= 4 is 23.7 Å². The van der Waals surface area contributed by atoms with E-state index in [0.717, 1.165) is 30.0 Å². The van der Waals surface area contributed by atoms with Gasteiger partial charge < -0.3 is 60.1 Å². The number of carbonyl (C=O) groups excluding carboxylic acids is 1. The Bertz CT molecular complexity index is 1500. The number of thioether (sulfide) groups is 1. The fourth-order valence-electron chi connectivity index (χ4n) is 4.53. The number of ether oxygens (including phenoxy) is 5. The Hall–Kier alpha value is -4.89. The molecular formula is C28H29NO13S. The number of esters is 1. The summed E-state index contributed by atoms with van der Waals surface area (Å²) in [5, 5.41) is 59.7. The number of aromatic hydroxyl groups is 5. The lowest BCUT2D eigenvalue weighted by Gasteiger charge is -2.39. The van der Waals surface area contributed by atoms with Gasteiger partial charge in [0.05, 0.1) is 37.7 Å². The maximum absolute atomic E-state index is 13.7. The first-order valence-electron chi connectivity index (χ1n) is 12.5. The Kier molecular flexibility index (Phi) is 9.06. The first-order chi connectivity index (χ1) is 20.4. The molecule has 0 radical (unpaired) electrons. The number of fused-ring (bicyclic) bond motifs is 1. The average Bonchev–Trinajstić information content (AvgIpc) is 2.97. The Morgan fingerprint density at radius 3 is 2.05 bits per heavy atom. The minimum Gasteiger partial charge on any atom is -0.508 e. The molecule has 0 spiro atoms. The number of carbonyl (C=O) groups is 2. The lowest BCUT2D eigenvalue weighted by atomic mass is 9.92. The summed E-state index contributed by atoms with van der Waals surface area (Å²) in [5.74, 6) is -5.04. The van der Waals surface area contributed by atoms with Crippen LogP contribution in [0.2, 0.25) is 0 Å². The van der Waals surface area contributed by atoms with Crippen LogP contribution >= 0.6 is 11.8 Å². The largest absolute Gasteiger partial charge is 0.508 e. The number of hydrogen-bond donors (Lipinski definition) is 7. The molecule has 3 aromatic rings. The van der Waals surface area contributed by atoms with E-state index >= 15 is 0 Å². The van der Waals surface area contributed by atoms with Crippen LogP contribution in [-0.2, 0) is 9.53 Å². The van der Waals surface area contributed by atoms with Crippen molar-refractivity contribution in [1.82, 2.24) is 0 Å². The van der Waals surface area contributed by atoms with Gasteiger partial charge in [-0.15, -0.1) is 11.8 Å². The van der Waals surface area contributed by atoms with Crippen molar-refractivity contribution in [1.29, 1.82) is 0 Å². The highest BCUT2D eigenvalue weighted by Crippen LogP contribution is 2.54. The highest BCUT2D eigenvalue weighted by molar-refractivity contribution is 7.99. The van der Waals surface area contributed by atoms with Crippen LogP contribution in [0.4, 0.5) is 0 Å². The number of benzene rings is 3. The van der Waals surface area contributed by atoms with Crippen molar-refractivity contribution < 1.29 is 63.9 Å². The van der Waals surface area contributed by atoms with Crippen molar-refractivity contribution in [2.24, 2.45) is 5.73 Å². The summed E-state index contributed by atoms with van der Waals surface area (Å²) in [6.45, 7) is 0. The van der Waals surface area contributed by atoms with Crippen LogP contribution in [0, 0.1) is 0 Å². The van der Waals surface area contributed by atoms with Crippen LogP contribution in [0.5, 0.6) is 51.7 Å². The van der Waals surface area contributed by atoms with Crippen molar-refractivity contribution in [2.75, 3.05) is 27.1 Å². The van der Waals surface area contributed by atoms with E-state index in [1.807, 2.05) is 0 Å². The SMILES string of the molecule is COc1cc(C(=O)O[C@H]2[C@@H](c3cc(O)c(O)c(O)c3)Oc3cc(O)cc(O)c3[C@@H]2SC[C@H](N)C(=O)O)cc(OC)c1OC. The zero-order chi connectivity index (χ0) is 31.6. The van der Waals surface area contributed by atoms with Gasteiger partial charge >= 0.3 is 11.9 Å². The maximum atomic E-state index is 13.7. The molecule has 4 atom stereocenters. The Morgan fingerprint density at radius 2 is 1.51 bits per heavy atom. The number of rotatable bonds is 10. The predicted molar refractivity (Wildman–Crippen MR) is 151 cm³/mol. The van der Waals surface area contributed by atoms with E-state index in [1.54, 1.807) is 0 Å². The van der Waals surface area contributed by atoms with Gasteiger partial charge in [-0.05, 0) is 24.3 Å². The monoisotopic (exact) mass is 619 g/mol. The first-order valence-corrected chi connectivity index (χ1v) is 13.5. The van der Waals surface area contributed by atoms with Crippen LogP contribution in [0.3, 0.4) is 0 Å². The van der Waals surface area contributed by atoms with Crippen molar-refractivity contribution in [3.8, 4) is 51.7 Å². The van der Waals surface area contributed by atoms with Crippen LogP contribution in [-0.4, -0.2) is 81.8 Å². The second-order valence-corrected chi connectivity index (χ2v) is 10.5. The van der Waals surface area contributed by atoms with Gasteiger partial charge in [-0.3, -0.25) is 4.79 Å². The Balaban J connectivity index is 1.87. The third-order valence-electron chi connectivity index (χ3n) is 6.58. The molecule has 0 saturated carbocycles. The average molecular weight is 620 g/mol. The molecular weight excluding hydrogens is 590 g/mol. The normalized spacial score (nSPS) is 18.1. The number of phenols is 5. The number of aliphatic carboxylic acids is 1. The molecule has 8 N–H and O–H groups in total. The maximum Gasteiger partial charge on any atom is 0.338 e. The quantitative estimate of drug-likeness (QED) is 0.128. The van der Waals surface area contributed by atoms with Gasteiger partial charge in [-0.2, -0.15) is 0 Å². The van der Waals surface area contributed by atoms with E-state index in [-0.39, 0.29) is 51.2 Å². The van der Waals surface area contributed by atoms with Crippen molar-refractivity contribution in [3.05, 3.63) is 53.1 Å². The molecule has 0 unspecified atom stereocenters. The van der Waals surface area contributed by atoms with Crippen LogP contribution < -0.4 is 24.7 Å². The minimum absolute atomic E-state index is 0.0251. The Morgan fingerprint density at radius 1 is 0.907 bits per heavy atom. The van der Waals surface area contributed by atoms with E-state index < -0.39 is 58.4 Å². The molecule has 1 aliphatic rings. The molecule has 43 heavy (non-hydrogen) atoms. The summed E-state index contributed by atoms with van der Waals surface area (Å²) in [6, 6.07) is 5.69. The number of carboxylic acid groups (broad SMARTS) is 1. The van der Waals surface area contributed by atoms with Crippen LogP contribution in [0.25, 0.3) is 0 Å². The molecule has 3 aromatic carbocycles. The lowest BCUT2D eigenvalue weighted by molar-refractivity contribution is -0.137. The van der Waals surface area contributed by atoms with E-state index in [4.69, 9.17) is 29.4 Å². The zero-order valence-corrected chi connectivity index (χ0v) is 23.8. The van der Waals surface area contributed by atoms with Crippen molar-refractivity contribution in [2.45, 2.75) is 23.5 Å². The predicted octanol–water partition coefficient (Wildman–Crippen LogP) is 2.79. The van der Waals surface area contributed by atoms with Gasteiger partial charge in [0.1, 0.15) is 23.3 Å². The number of carboxylic acids is 1. The molecule has 4 rings (SSSR count). The third-order valence-corrected chi connectivity index (χ3v) is 7.99. The molecule has 1 heterocycles. The van der Waals surface area contributed by atoms with E-state index in [9.17, 15) is 40.2 Å². The number of phenolic OH excluding ortho intramolecular Hbond substituents is 5. The lowest BCUT2D eigenvalue weighted by Crippen LogP contribution is -2.39. The van der Waals surface area contributed by atoms with Gasteiger partial charge in [0.15, 0.2) is 41.0 Å². The molecule has 230 valence electrons. The molecule has 1 aliphatic heterocycles. The molecule has 0 aliphatic carbocycles. The summed E-state index contributed by atoms with van der Waals surface area (Å²) in [4.78, 5) is 25.2. The minimum atomic E-state index is -1.39. The molecule has 15 heteroatoms. The number of hydrogen-bond acceptors (Lipinski definition) is 14. The van der Waals surface area contributed by atoms with Gasteiger partial charge in [0.2, 0.25) is 5.75 Å². The van der Waals surface area contributed by atoms with E-state index in [0.29, 0.717) is 0 Å². The number of nitrogens with two attached hydrogens (primary N) is 1. The molecule has 14 nitrogen and oxygen atoms in total. The summed E-state index contributed by atoms with van der Waals surface area (Å²) in [5.41, 5.74) is 5.79. The highest BCUT2D eigenvalue weighted by atomic mass is 32.2. The standard InChI is InChI=1S/C28H29NO13S/c1-38-19-6-12(7-20(39-2)24(19)40-3)28(37)42-25-23(11-4-16(32)22(34)17(33)5-11)41-18-9-13(30)8-15(31)21(18)26(25)43-10-14(29)27(35)36/h4-9,14,23,25-26,30-34H,10,29H2,1-3H3,(H,35,36)/t14-,23+,25-,26-/m0/s1. The van der Waals surface area contributed by atoms with Gasteiger partial charge in [-0.25, -0.2) is 4.79 Å². The summed E-state index contributed by atoms with van der Waals surface area (Å²) in [7, 11) is 4.10. The smallest absolute Gasteiger partial charge is 0.338 e.